The number of rotatable bonds is 7. The maximum Gasteiger partial charge on any atom is 0.222 e. The summed E-state index contributed by atoms with van der Waals surface area (Å²) in [5.74, 6) is 0.540. The van der Waals surface area contributed by atoms with Crippen LogP contribution in [0.3, 0.4) is 0 Å². The number of carbonyl (C=O) groups is 1. The highest BCUT2D eigenvalue weighted by Gasteiger charge is 2.06. The van der Waals surface area contributed by atoms with Crippen LogP contribution in [0.1, 0.15) is 29.4 Å². The van der Waals surface area contributed by atoms with Crippen molar-refractivity contribution in [3.05, 3.63) is 42.0 Å². The maximum atomic E-state index is 11.3. The summed E-state index contributed by atoms with van der Waals surface area (Å²) in [7, 11) is 0. The monoisotopic (exact) mass is 285 g/mol. The average molecular weight is 285 g/mol. The van der Waals surface area contributed by atoms with Gasteiger partial charge in [0.25, 0.3) is 0 Å². The summed E-state index contributed by atoms with van der Waals surface area (Å²) >= 11 is 0. The molecule has 0 spiro atoms. The third-order valence-corrected chi connectivity index (χ3v) is 2.99. The Labute approximate surface area is 124 Å². The third kappa shape index (κ3) is 4.52. The third-order valence-electron chi connectivity index (χ3n) is 2.99. The molecule has 6 heteroatoms. The lowest BCUT2D eigenvalue weighted by Crippen LogP contribution is -2.12. The molecule has 6 nitrogen and oxygen atoms in total. The fourth-order valence-electron chi connectivity index (χ4n) is 1.89. The van der Waals surface area contributed by atoms with Gasteiger partial charge in [-0.3, -0.25) is 9.78 Å². The highest BCUT2D eigenvalue weighted by atomic mass is 16.1. The SMILES string of the molecule is CC(=O)c1cnc(NCCCNc2cccnc2)nc1C. The minimum absolute atomic E-state index is 0.0141. The van der Waals surface area contributed by atoms with Gasteiger partial charge in [0, 0.05) is 31.7 Å². The van der Waals surface area contributed by atoms with E-state index >= 15 is 0 Å². The molecule has 0 atom stereocenters. The predicted octanol–water partition coefficient (Wildman–Crippen LogP) is 2.30. The van der Waals surface area contributed by atoms with Gasteiger partial charge >= 0.3 is 0 Å². The number of pyridine rings is 1. The van der Waals surface area contributed by atoms with Crippen molar-refractivity contribution in [1.29, 1.82) is 0 Å². The highest BCUT2D eigenvalue weighted by molar-refractivity contribution is 5.94. The Morgan fingerprint density at radius 3 is 2.71 bits per heavy atom. The quantitative estimate of drug-likeness (QED) is 0.600. The number of nitrogens with zero attached hydrogens (tertiary/aromatic N) is 3. The van der Waals surface area contributed by atoms with E-state index in [4.69, 9.17) is 0 Å². The molecule has 0 saturated carbocycles. The first kappa shape index (κ1) is 14.9. The van der Waals surface area contributed by atoms with Gasteiger partial charge in [-0.25, -0.2) is 9.97 Å². The van der Waals surface area contributed by atoms with Crippen LogP contribution in [0.2, 0.25) is 0 Å². The van der Waals surface area contributed by atoms with Crippen LogP contribution in [0.4, 0.5) is 11.6 Å². The Kier molecular flexibility index (Phi) is 5.20. The fraction of sp³-hybridized carbons (Fsp3) is 0.333. The molecule has 0 aromatic carbocycles. The molecule has 21 heavy (non-hydrogen) atoms. The lowest BCUT2D eigenvalue weighted by molar-refractivity contribution is 0.101. The molecule has 0 fully saturated rings. The van der Waals surface area contributed by atoms with Crippen LogP contribution in [0, 0.1) is 6.92 Å². The number of Topliss-reactive ketones (excluding diaryl/α,β-unsaturated/α-hetero) is 1. The first-order chi connectivity index (χ1) is 10.2. The molecule has 110 valence electrons. The Morgan fingerprint density at radius 2 is 2.05 bits per heavy atom. The molecule has 2 aromatic heterocycles. The number of hydrogen-bond acceptors (Lipinski definition) is 6. The van der Waals surface area contributed by atoms with Gasteiger partial charge in [0.15, 0.2) is 5.78 Å². The lowest BCUT2D eigenvalue weighted by atomic mass is 10.2. The van der Waals surface area contributed by atoms with E-state index in [-0.39, 0.29) is 5.78 Å². The molecular formula is C15H19N5O. The van der Waals surface area contributed by atoms with Crippen molar-refractivity contribution in [3.8, 4) is 0 Å². The van der Waals surface area contributed by atoms with Crippen molar-refractivity contribution in [2.45, 2.75) is 20.3 Å². The zero-order valence-corrected chi connectivity index (χ0v) is 12.3. The number of ketones is 1. The Balaban J connectivity index is 1.74. The fourth-order valence-corrected chi connectivity index (χ4v) is 1.89. The van der Waals surface area contributed by atoms with Crippen molar-refractivity contribution in [3.63, 3.8) is 0 Å². The minimum Gasteiger partial charge on any atom is -0.384 e. The van der Waals surface area contributed by atoms with E-state index in [1.807, 2.05) is 19.1 Å². The van der Waals surface area contributed by atoms with E-state index in [2.05, 4.69) is 25.6 Å². The molecule has 2 N–H and O–H groups in total. The van der Waals surface area contributed by atoms with Crippen LogP contribution in [0.15, 0.2) is 30.7 Å². The summed E-state index contributed by atoms with van der Waals surface area (Å²) in [4.78, 5) is 23.8. The highest BCUT2D eigenvalue weighted by Crippen LogP contribution is 2.07. The van der Waals surface area contributed by atoms with Gasteiger partial charge in [-0.1, -0.05) is 0 Å². The van der Waals surface area contributed by atoms with Crippen LogP contribution in [-0.2, 0) is 0 Å². The van der Waals surface area contributed by atoms with E-state index in [0.717, 1.165) is 25.2 Å². The molecule has 0 aliphatic rings. The summed E-state index contributed by atoms with van der Waals surface area (Å²) < 4.78 is 0. The molecule has 0 unspecified atom stereocenters. The zero-order chi connectivity index (χ0) is 15.1. The van der Waals surface area contributed by atoms with Gasteiger partial charge in [0.1, 0.15) is 0 Å². The van der Waals surface area contributed by atoms with Crippen molar-refractivity contribution >= 4 is 17.4 Å². The first-order valence-corrected chi connectivity index (χ1v) is 6.89. The lowest BCUT2D eigenvalue weighted by Gasteiger charge is -2.08. The summed E-state index contributed by atoms with van der Waals surface area (Å²) in [6.07, 6.45) is 6.03. The number of nitrogens with one attached hydrogen (secondary N) is 2. The van der Waals surface area contributed by atoms with Crippen LogP contribution in [0.5, 0.6) is 0 Å². The van der Waals surface area contributed by atoms with Crippen molar-refractivity contribution in [2.24, 2.45) is 0 Å². The molecule has 0 bridgehead atoms. The second-order valence-corrected chi connectivity index (χ2v) is 4.70. The van der Waals surface area contributed by atoms with Crippen LogP contribution in [0.25, 0.3) is 0 Å². The summed E-state index contributed by atoms with van der Waals surface area (Å²) in [6.45, 7) is 4.92. The Hall–Kier alpha value is -2.50. The number of hydrogen-bond donors (Lipinski definition) is 2. The van der Waals surface area contributed by atoms with Crippen LogP contribution in [-0.4, -0.2) is 33.8 Å². The summed E-state index contributed by atoms with van der Waals surface area (Å²) in [5.41, 5.74) is 2.28. The zero-order valence-electron chi connectivity index (χ0n) is 12.3. The van der Waals surface area contributed by atoms with E-state index in [0.29, 0.717) is 17.2 Å². The second kappa shape index (κ2) is 7.33. The first-order valence-electron chi connectivity index (χ1n) is 6.89. The summed E-state index contributed by atoms with van der Waals surface area (Å²) in [5, 5.41) is 6.43. The normalized spacial score (nSPS) is 10.2. The standard InChI is InChI=1S/C15H19N5O/c1-11-14(12(2)21)10-19-15(20-11)18-8-4-7-17-13-5-3-6-16-9-13/h3,5-6,9-10,17H,4,7-8H2,1-2H3,(H,18,19,20). The molecule has 2 aromatic rings. The van der Waals surface area contributed by atoms with Crippen molar-refractivity contribution in [2.75, 3.05) is 23.7 Å². The molecule has 2 heterocycles. The minimum atomic E-state index is -0.0141. The molecule has 0 aliphatic carbocycles. The average Bonchev–Trinajstić information content (AvgIpc) is 2.47. The number of carbonyl (C=O) groups excluding carboxylic acids is 1. The number of anilines is 2. The predicted molar refractivity (Wildman–Crippen MR) is 82.6 cm³/mol. The molecule has 0 saturated heterocycles. The second-order valence-electron chi connectivity index (χ2n) is 4.70. The van der Waals surface area contributed by atoms with Gasteiger partial charge in [-0.05, 0) is 32.4 Å². The van der Waals surface area contributed by atoms with E-state index in [9.17, 15) is 4.79 Å². The summed E-state index contributed by atoms with van der Waals surface area (Å²) in [6, 6.07) is 3.88. The van der Waals surface area contributed by atoms with Crippen molar-refractivity contribution in [1.82, 2.24) is 15.0 Å². The molecule has 2 rings (SSSR count). The van der Waals surface area contributed by atoms with Gasteiger partial charge in [0.2, 0.25) is 5.95 Å². The van der Waals surface area contributed by atoms with Crippen molar-refractivity contribution < 1.29 is 4.79 Å². The Morgan fingerprint density at radius 1 is 1.24 bits per heavy atom. The van der Waals surface area contributed by atoms with Gasteiger partial charge < -0.3 is 10.6 Å². The van der Waals surface area contributed by atoms with Crippen LogP contribution >= 0.6 is 0 Å². The number of aromatic nitrogens is 3. The number of aryl methyl sites for hydroxylation is 1. The van der Waals surface area contributed by atoms with E-state index < -0.39 is 0 Å². The topological polar surface area (TPSA) is 79.8 Å². The molecule has 0 aliphatic heterocycles. The van der Waals surface area contributed by atoms with Gasteiger partial charge in [0.05, 0.1) is 16.9 Å². The maximum absolute atomic E-state index is 11.3. The van der Waals surface area contributed by atoms with E-state index in [1.165, 1.54) is 6.92 Å². The molecule has 0 amide bonds. The molecule has 0 radical (unpaired) electrons. The van der Waals surface area contributed by atoms with Gasteiger partial charge in [-0.15, -0.1) is 0 Å². The van der Waals surface area contributed by atoms with E-state index in [1.54, 1.807) is 18.6 Å². The van der Waals surface area contributed by atoms with Gasteiger partial charge in [-0.2, -0.15) is 0 Å². The largest absolute Gasteiger partial charge is 0.384 e. The van der Waals surface area contributed by atoms with Crippen LogP contribution < -0.4 is 10.6 Å². The smallest absolute Gasteiger partial charge is 0.222 e. The Bertz CT molecular complexity index is 600. The molecular weight excluding hydrogens is 266 g/mol.